The largest absolute Gasteiger partial charge is 0.508 e. The lowest BCUT2D eigenvalue weighted by Crippen LogP contribution is -2.52. The van der Waals surface area contributed by atoms with Crippen LogP contribution in [-0.4, -0.2) is 54.0 Å². The number of aromatic hydroxyl groups is 1. The molecule has 0 bridgehead atoms. The summed E-state index contributed by atoms with van der Waals surface area (Å²) in [7, 11) is 0. The number of benzene rings is 2. The van der Waals surface area contributed by atoms with Gasteiger partial charge in [-0.15, -0.1) is 0 Å². The number of aryl methyl sites for hydroxylation is 2. The summed E-state index contributed by atoms with van der Waals surface area (Å²) in [6, 6.07) is 12.6. The predicted octanol–water partition coefficient (Wildman–Crippen LogP) is 2.46. The molecule has 0 radical (unpaired) electrons. The van der Waals surface area contributed by atoms with Crippen LogP contribution in [0.1, 0.15) is 17.5 Å². The lowest BCUT2D eigenvalue weighted by Gasteiger charge is -2.38. The van der Waals surface area contributed by atoms with E-state index >= 15 is 0 Å². The quantitative estimate of drug-likeness (QED) is 0.830. The standard InChI is InChI=1S/C22H25N3O3/c1-15-3-8-19(16(2)13-15)25-21(27)14-20(22(25)28)24-11-9-23(10-12-24)17-4-6-18(26)7-5-17/h3-8,13,20,26H,9-12,14H2,1-2H3/t20-/m0/s1. The van der Waals surface area contributed by atoms with Gasteiger partial charge in [-0.25, -0.2) is 4.90 Å². The first-order valence-electron chi connectivity index (χ1n) is 9.66. The van der Waals surface area contributed by atoms with Crippen LogP contribution in [0, 0.1) is 13.8 Å². The molecule has 2 aliphatic rings. The first-order valence-corrected chi connectivity index (χ1v) is 9.66. The highest BCUT2D eigenvalue weighted by atomic mass is 16.3. The highest BCUT2D eigenvalue weighted by molar-refractivity contribution is 6.22. The molecule has 1 atom stereocenters. The molecule has 0 unspecified atom stereocenters. The molecule has 6 heteroatoms. The number of rotatable bonds is 3. The van der Waals surface area contributed by atoms with Gasteiger partial charge in [0.2, 0.25) is 5.91 Å². The molecule has 146 valence electrons. The molecule has 0 saturated carbocycles. The third kappa shape index (κ3) is 3.36. The SMILES string of the molecule is Cc1ccc(N2C(=O)C[C@H](N3CCN(c4ccc(O)cc4)CC3)C2=O)c(C)c1. The van der Waals surface area contributed by atoms with Crippen molar-refractivity contribution in [3.8, 4) is 5.75 Å². The van der Waals surface area contributed by atoms with Crippen LogP contribution in [0.2, 0.25) is 0 Å². The van der Waals surface area contributed by atoms with Crippen LogP contribution in [0.4, 0.5) is 11.4 Å². The fourth-order valence-corrected chi connectivity index (χ4v) is 4.17. The molecule has 2 aliphatic heterocycles. The smallest absolute Gasteiger partial charge is 0.251 e. The lowest BCUT2D eigenvalue weighted by molar-refractivity contribution is -0.123. The number of nitrogens with zero attached hydrogens (tertiary/aromatic N) is 3. The summed E-state index contributed by atoms with van der Waals surface area (Å²) in [5.74, 6) is 0.0156. The normalized spacial score (nSPS) is 20.9. The maximum atomic E-state index is 13.1. The summed E-state index contributed by atoms with van der Waals surface area (Å²) in [5, 5.41) is 9.45. The number of anilines is 2. The molecule has 2 aromatic carbocycles. The van der Waals surface area contributed by atoms with E-state index < -0.39 is 0 Å². The summed E-state index contributed by atoms with van der Waals surface area (Å²) in [5.41, 5.74) is 3.82. The van der Waals surface area contributed by atoms with Gasteiger partial charge in [0.15, 0.2) is 0 Å². The van der Waals surface area contributed by atoms with Gasteiger partial charge in [-0.1, -0.05) is 17.7 Å². The molecule has 0 aromatic heterocycles. The van der Waals surface area contributed by atoms with Gasteiger partial charge in [0.1, 0.15) is 5.75 Å². The van der Waals surface area contributed by atoms with E-state index in [1.807, 2.05) is 44.2 Å². The average Bonchev–Trinajstić information content (AvgIpc) is 2.97. The van der Waals surface area contributed by atoms with Crippen molar-refractivity contribution in [2.24, 2.45) is 0 Å². The van der Waals surface area contributed by atoms with E-state index in [0.29, 0.717) is 5.69 Å². The first-order chi connectivity index (χ1) is 13.4. The van der Waals surface area contributed by atoms with E-state index in [0.717, 1.165) is 43.0 Å². The number of piperazine rings is 1. The van der Waals surface area contributed by atoms with E-state index in [-0.39, 0.29) is 30.0 Å². The topological polar surface area (TPSA) is 64.1 Å². The van der Waals surface area contributed by atoms with Crippen molar-refractivity contribution in [3.63, 3.8) is 0 Å². The molecule has 2 fully saturated rings. The van der Waals surface area contributed by atoms with E-state index in [4.69, 9.17) is 0 Å². The van der Waals surface area contributed by atoms with Gasteiger partial charge in [-0.2, -0.15) is 0 Å². The Labute approximate surface area is 165 Å². The third-order valence-corrected chi connectivity index (χ3v) is 5.69. The summed E-state index contributed by atoms with van der Waals surface area (Å²) < 4.78 is 0. The Kier molecular flexibility index (Phi) is 4.81. The van der Waals surface area contributed by atoms with Gasteiger partial charge in [0, 0.05) is 31.9 Å². The van der Waals surface area contributed by atoms with Crippen LogP contribution in [0.5, 0.6) is 5.75 Å². The van der Waals surface area contributed by atoms with Gasteiger partial charge < -0.3 is 10.0 Å². The van der Waals surface area contributed by atoms with Crippen LogP contribution >= 0.6 is 0 Å². The molecule has 0 aliphatic carbocycles. The number of carbonyl (C=O) groups excluding carboxylic acids is 2. The zero-order valence-electron chi connectivity index (χ0n) is 16.3. The number of imide groups is 1. The van der Waals surface area contributed by atoms with Crippen molar-refractivity contribution in [2.45, 2.75) is 26.3 Å². The van der Waals surface area contributed by atoms with Crippen LogP contribution in [0.3, 0.4) is 0 Å². The minimum Gasteiger partial charge on any atom is -0.508 e. The number of hydrogen-bond acceptors (Lipinski definition) is 5. The van der Waals surface area contributed by atoms with E-state index in [1.54, 1.807) is 12.1 Å². The highest BCUT2D eigenvalue weighted by Gasteiger charge is 2.43. The maximum Gasteiger partial charge on any atom is 0.251 e. The fourth-order valence-electron chi connectivity index (χ4n) is 4.17. The molecule has 0 spiro atoms. The van der Waals surface area contributed by atoms with E-state index in [2.05, 4.69) is 9.80 Å². The molecule has 28 heavy (non-hydrogen) atoms. The molecule has 2 amide bonds. The minimum absolute atomic E-state index is 0.116. The molecular formula is C22H25N3O3. The second-order valence-electron chi connectivity index (χ2n) is 7.62. The Morgan fingerprint density at radius 2 is 1.61 bits per heavy atom. The highest BCUT2D eigenvalue weighted by Crippen LogP contribution is 2.30. The average molecular weight is 379 g/mol. The van der Waals surface area contributed by atoms with Crippen LogP contribution in [-0.2, 0) is 9.59 Å². The monoisotopic (exact) mass is 379 g/mol. The number of amides is 2. The van der Waals surface area contributed by atoms with Crippen molar-refractivity contribution in [1.82, 2.24) is 4.90 Å². The van der Waals surface area contributed by atoms with Crippen LogP contribution in [0.15, 0.2) is 42.5 Å². The zero-order chi connectivity index (χ0) is 19.8. The Morgan fingerprint density at radius 1 is 0.929 bits per heavy atom. The summed E-state index contributed by atoms with van der Waals surface area (Å²) in [4.78, 5) is 31.4. The molecule has 4 rings (SSSR count). The van der Waals surface area contributed by atoms with Gasteiger partial charge in [-0.05, 0) is 49.7 Å². The van der Waals surface area contributed by atoms with Crippen molar-refractivity contribution in [2.75, 3.05) is 36.0 Å². The Morgan fingerprint density at radius 3 is 2.25 bits per heavy atom. The van der Waals surface area contributed by atoms with Gasteiger partial charge >= 0.3 is 0 Å². The van der Waals surface area contributed by atoms with E-state index in [9.17, 15) is 14.7 Å². The Balaban J connectivity index is 1.45. The fraction of sp³-hybridized carbons (Fsp3) is 0.364. The Hall–Kier alpha value is -2.86. The van der Waals surface area contributed by atoms with Crippen molar-refractivity contribution >= 4 is 23.2 Å². The number of hydrogen-bond donors (Lipinski definition) is 1. The lowest BCUT2D eigenvalue weighted by atomic mass is 10.1. The van der Waals surface area contributed by atoms with Crippen molar-refractivity contribution in [1.29, 1.82) is 0 Å². The molecule has 2 saturated heterocycles. The van der Waals surface area contributed by atoms with Crippen molar-refractivity contribution in [3.05, 3.63) is 53.6 Å². The van der Waals surface area contributed by atoms with Crippen LogP contribution in [0.25, 0.3) is 0 Å². The maximum absolute atomic E-state index is 13.1. The second kappa shape index (κ2) is 7.28. The summed E-state index contributed by atoms with van der Waals surface area (Å²) in [6.07, 6.45) is 0.241. The van der Waals surface area contributed by atoms with Gasteiger partial charge in [-0.3, -0.25) is 14.5 Å². The number of phenolic OH excluding ortho intramolecular Hbond substituents is 1. The Bertz CT molecular complexity index is 902. The molecule has 1 N–H and O–H groups in total. The zero-order valence-corrected chi connectivity index (χ0v) is 16.3. The summed E-state index contributed by atoms with van der Waals surface area (Å²) >= 11 is 0. The van der Waals surface area contributed by atoms with Crippen molar-refractivity contribution < 1.29 is 14.7 Å². The molecule has 2 heterocycles. The second-order valence-corrected chi connectivity index (χ2v) is 7.62. The molecule has 6 nitrogen and oxygen atoms in total. The first kappa shape index (κ1) is 18.5. The van der Waals surface area contributed by atoms with Gasteiger partial charge in [0.25, 0.3) is 5.91 Å². The van der Waals surface area contributed by atoms with E-state index in [1.165, 1.54) is 4.90 Å². The predicted molar refractivity (Wildman–Crippen MR) is 109 cm³/mol. The summed E-state index contributed by atoms with van der Waals surface area (Å²) in [6.45, 7) is 6.96. The third-order valence-electron chi connectivity index (χ3n) is 5.69. The molecular weight excluding hydrogens is 354 g/mol. The minimum atomic E-state index is -0.379. The number of phenols is 1. The number of carbonyl (C=O) groups is 2. The molecule has 2 aromatic rings. The van der Waals surface area contributed by atoms with Gasteiger partial charge in [0.05, 0.1) is 18.2 Å². The van der Waals surface area contributed by atoms with Crippen LogP contribution < -0.4 is 9.80 Å².